The molecular weight excluding hydrogens is 412 g/mol. The highest BCUT2D eigenvalue weighted by molar-refractivity contribution is 8.15. The second-order valence-electron chi connectivity index (χ2n) is 7.06. The molecule has 3 aromatic rings. The zero-order valence-electron chi connectivity index (χ0n) is 16.8. The van der Waals surface area contributed by atoms with Gasteiger partial charge in [-0.05, 0) is 22.8 Å². The summed E-state index contributed by atoms with van der Waals surface area (Å²) < 4.78 is 0. The average Bonchev–Trinajstić information content (AvgIpc) is 3.09. The Kier molecular flexibility index (Phi) is 6.08. The molecule has 4 rings (SSSR count). The van der Waals surface area contributed by atoms with Crippen molar-refractivity contribution in [2.75, 3.05) is 0 Å². The van der Waals surface area contributed by atoms with Gasteiger partial charge in [0.25, 0.3) is 5.69 Å². The molecule has 8 heteroatoms. The molecule has 3 aromatic carbocycles. The Hall–Kier alpha value is -3.52. The lowest BCUT2D eigenvalue weighted by Crippen LogP contribution is -2.31. The molecule has 1 aliphatic heterocycles. The number of fused-ring (bicyclic) bond motifs is 1. The van der Waals surface area contributed by atoms with E-state index >= 15 is 0 Å². The molecule has 1 saturated heterocycles. The van der Waals surface area contributed by atoms with Crippen molar-refractivity contribution < 1.29 is 9.72 Å². The van der Waals surface area contributed by atoms with Crippen LogP contribution in [0.25, 0.3) is 10.8 Å². The third-order valence-corrected chi connectivity index (χ3v) is 6.36. The van der Waals surface area contributed by atoms with Gasteiger partial charge in [0, 0.05) is 17.7 Å². The molecule has 0 radical (unpaired) electrons. The van der Waals surface area contributed by atoms with Gasteiger partial charge in [-0.2, -0.15) is 5.10 Å². The van der Waals surface area contributed by atoms with Crippen molar-refractivity contribution in [3.8, 4) is 0 Å². The number of amides is 1. The van der Waals surface area contributed by atoms with E-state index in [0.717, 1.165) is 16.3 Å². The van der Waals surface area contributed by atoms with E-state index in [0.29, 0.717) is 23.7 Å². The van der Waals surface area contributed by atoms with Gasteiger partial charge in [0.1, 0.15) is 0 Å². The summed E-state index contributed by atoms with van der Waals surface area (Å²) >= 11 is 1.40. The number of non-ortho nitro benzene ring substituents is 1. The quantitative estimate of drug-likeness (QED) is 0.312. The number of nitro benzene ring substituents is 1. The summed E-state index contributed by atoms with van der Waals surface area (Å²) in [6.45, 7) is 2.38. The first kappa shape index (κ1) is 20.7. The van der Waals surface area contributed by atoms with E-state index in [9.17, 15) is 14.9 Å². The van der Waals surface area contributed by atoms with Gasteiger partial charge in [0.2, 0.25) is 5.91 Å². The van der Waals surface area contributed by atoms with Crippen molar-refractivity contribution >= 4 is 45.5 Å². The zero-order valence-corrected chi connectivity index (χ0v) is 17.7. The van der Waals surface area contributed by atoms with Gasteiger partial charge in [-0.25, -0.2) is 0 Å². The average molecular weight is 433 g/mol. The second kappa shape index (κ2) is 9.09. The number of nitro groups is 1. The maximum Gasteiger partial charge on any atom is 0.270 e. The summed E-state index contributed by atoms with van der Waals surface area (Å²) in [5.41, 5.74) is 1.60. The predicted octanol–water partition coefficient (Wildman–Crippen LogP) is 4.99. The first-order valence-electron chi connectivity index (χ1n) is 9.87. The summed E-state index contributed by atoms with van der Waals surface area (Å²) in [5, 5.41) is 21.9. The van der Waals surface area contributed by atoms with E-state index in [1.165, 1.54) is 30.1 Å². The van der Waals surface area contributed by atoms with Crippen LogP contribution in [0.15, 0.2) is 76.9 Å². The number of carbonyl (C=O) groups is 1. The molecule has 0 aliphatic carbocycles. The number of amidine groups is 1. The van der Waals surface area contributed by atoms with E-state index in [1.807, 2.05) is 49.4 Å². The molecule has 1 fully saturated rings. The highest BCUT2D eigenvalue weighted by Crippen LogP contribution is 2.32. The van der Waals surface area contributed by atoms with Gasteiger partial charge < -0.3 is 0 Å². The van der Waals surface area contributed by atoms with Crippen LogP contribution in [0.2, 0.25) is 0 Å². The van der Waals surface area contributed by atoms with Crippen LogP contribution in [-0.4, -0.2) is 32.4 Å². The molecule has 0 bridgehead atoms. The first-order valence-corrected chi connectivity index (χ1v) is 10.7. The molecular formula is C23H20N4O3S. The van der Waals surface area contributed by atoms with Gasteiger partial charge in [-0.1, -0.05) is 73.3 Å². The van der Waals surface area contributed by atoms with Crippen molar-refractivity contribution in [3.63, 3.8) is 0 Å². The number of thioether (sulfide) groups is 1. The third kappa shape index (κ3) is 4.49. The van der Waals surface area contributed by atoms with Crippen LogP contribution in [-0.2, 0) is 11.3 Å². The maximum absolute atomic E-state index is 12.9. The third-order valence-electron chi connectivity index (χ3n) is 5.03. The SMILES string of the molecule is CCC1SC(=N/N=C/c2cccc([N+](=O)[O-])c2)N(Cc2cccc3ccccc23)C1=O. The molecule has 156 valence electrons. The lowest BCUT2D eigenvalue weighted by molar-refractivity contribution is -0.384. The number of nitrogens with zero attached hydrogens (tertiary/aromatic N) is 4. The summed E-state index contributed by atoms with van der Waals surface area (Å²) in [5.74, 6) is 0.0183. The molecule has 31 heavy (non-hydrogen) atoms. The Balaban J connectivity index is 1.61. The Labute approximate surface area is 183 Å². The minimum absolute atomic E-state index is 0.00866. The van der Waals surface area contributed by atoms with Crippen LogP contribution in [0, 0.1) is 10.1 Å². The Morgan fingerprint density at radius 3 is 2.71 bits per heavy atom. The fraction of sp³-hybridized carbons (Fsp3) is 0.174. The predicted molar refractivity (Wildman–Crippen MR) is 124 cm³/mol. The fourth-order valence-electron chi connectivity index (χ4n) is 3.45. The Bertz CT molecular complexity index is 1200. The molecule has 1 aliphatic rings. The van der Waals surface area contributed by atoms with Gasteiger partial charge in [0.15, 0.2) is 5.17 Å². The normalized spacial score (nSPS) is 17.8. The number of carbonyl (C=O) groups excluding carboxylic acids is 1. The summed E-state index contributed by atoms with van der Waals surface area (Å²) in [4.78, 5) is 25.1. The number of hydrogen-bond donors (Lipinski definition) is 0. The largest absolute Gasteiger partial charge is 0.284 e. The zero-order chi connectivity index (χ0) is 21.8. The number of benzene rings is 3. The van der Waals surface area contributed by atoms with Gasteiger partial charge >= 0.3 is 0 Å². The topological polar surface area (TPSA) is 88.2 Å². The molecule has 0 saturated carbocycles. The molecule has 0 aromatic heterocycles. The maximum atomic E-state index is 12.9. The van der Waals surface area contributed by atoms with Crippen LogP contribution in [0.1, 0.15) is 24.5 Å². The standard InChI is InChI=1S/C23H20N4O3S/c1-2-21-22(28)26(15-18-10-6-9-17-8-3-4-12-20(17)18)23(31-21)25-24-14-16-7-5-11-19(13-16)27(29)30/h3-14,21H,2,15H2,1H3/b24-14+,25-23?. The van der Waals surface area contributed by atoms with Crippen LogP contribution in [0.4, 0.5) is 5.69 Å². The number of rotatable bonds is 6. The van der Waals surface area contributed by atoms with Crippen molar-refractivity contribution in [2.24, 2.45) is 10.2 Å². The van der Waals surface area contributed by atoms with Crippen LogP contribution < -0.4 is 0 Å². The molecule has 7 nitrogen and oxygen atoms in total. The fourth-order valence-corrected chi connectivity index (χ4v) is 4.48. The van der Waals surface area contributed by atoms with Crippen LogP contribution in [0.3, 0.4) is 0 Å². The molecule has 0 N–H and O–H groups in total. The van der Waals surface area contributed by atoms with Gasteiger partial charge in [-0.15, -0.1) is 5.10 Å². The Morgan fingerprint density at radius 2 is 1.90 bits per heavy atom. The lowest BCUT2D eigenvalue weighted by Gasteiger charge is -2.17. The molecule has 1 atom stereocenters. The Morgan fingerprint density at radius 1 is 1.13 bits per heavy atom. The summed E-state index contributed by atoms with van der Waals surface area (Å²) in [6.07, 6.45) is 2.16. The van der Waals surface area contributed by atoms with Crippen molar-refractivity contribution in [1.82, 2.24) is 4.90 Å². The lowest BCUT2D eigenvalue weighted by atomic mass is 10.0. The van der Waals surface area contributed by atoms with E-state index < -0.39 is 4.92 Å². The summed E-state index contributed by atoms with van der Waals surface area (Å²) in [6, 6.07) is 20.3. The molecule has 1 amide bonds. The second-order valence-corrected chi connectivity index (χ2v) is 8.23. The monoisotopic (exact) mass is 432 g/mol. The smallest absolute Gasteiger partial charge is 0.270 e. The van der Waals surface area contributed by atoms with Gasteiger partial charge in [0.05, 0.1) is 22.9 Å². The highest BCUT2D eigenvalue weighted by atomic mass is 32.2. The summed E-state index contributed by atoms with van der Waals surface area (Å²) in [7, 11) is 0. The first-order chi connectivity index (χ1) is 15.1. The van der Waals surface area contributed by atoms with Crippen LogP contribution >= 0.6 is 11.8 Å². The van der Waals surface area contributed by atoms with Crippen LogP contribution in [0.5, 0.6) is 0 Å². The van der Waals surface area contributed by atoms with E-state index in [1.54, 1.807) is 17.0 Å². The van der Waals surface area contributed by atoms with Crippen molar-refractivity contribution in [2.45, 2.75) is 25.1 Å². The number of hydrogen-bond acceptors (Lipinski definition) is 6. The molecule has 1 heterocycles. The van der Waals surface area contributed by atoms with E-state index in [-0.39, 0.29) is 16.8 Å². The van der Waals surface area contributed by atoms with E-state index in [2.05, 4.69) is 10.2 Å². The minimum Gasteiger partial charge on any atom is -0.284 e. The van der Waals surface area contributed by atoms with Crippen molar-refractivity contribution in [3.05, 3.63) is 88.0 Å². The highest BCUT2D eigenvalue weighted by Gasteiger charge is 2.37. The minimum atomic E-state index is -0.452. The van der Waals surface area contributed by atoms with E-state index in [4.69, 9.17) is 0 Å². The van der Waals surface area contributed by atoms with Crippen molar-refractivity contribution in [1.29, 1.82) is 0 Å². The molecule has 0 spiro atoms. The molecule has 1 unspecified atom stereocenters. The van der Waals surface area contributed by atoms with Gasteiger partial charge in [-0.3, -0.25) is 19.8 Å².